The van der Waals surface area contributed by atoms with E-state index in [1.807, 2.05) is 0 Å². The molecule has 0 spiro atoms. The van der Waals surface area contributed by atoms with Gasteiger partial charge in [0.15, 0.2) is 0 Å². The minimum absolute atomic E-state index is 0.558. The van der Waals surface area contributed by atoms with Gasteiger partial charge in [-0.25, -0.2) is 14.4 Å². The van der Waals surface area contributed by atoms with Crippen LogP contribution in [-0.2, 0) is 14.4 Å². The number of hydrogen-bond donors (Lipinski definition) is 4. The van der Waals surface area contributed by atoms with Crippen LogP contribution in [0.3, 0.4) is 0 Å². The van der Waals surface area contributed by atoms with Gasteiger partial charge in [0.2, 0.25) is 0 Å². The summed E-state index contributed by atoms with van der Waals surface area (Å²) in [5.41, 5.74) is 4.61. The molecular formula is C10H15NO6. The predicted octanol–water partition coefficient (Wildman–Crippen LogP) is 0.447. The van der Waals surface area contributed by atoms with E-state index in [1.54, 1.807) is 6.92 Å². The van der Waals surface area contributed by atoms with Gasteiger partial charge in [-0.15, -0.1) is 0 Å². The van der Waals surface area contributed by atoms with Gasteiger partial charge in [0.05, 0.1) is 0 Å². The number of carbonyl (C=O) groups is 3. The summed E-state index contributed by atoms with van der Waals surface area (Å²) in [5, 5.41) is 23.5. The highest BCUT2D eigenvalue weighted by molar-refractivity contribution is 5.89. The van der Waals surface area contributed by atoms with Gasteiger partial charge >= 0.3 is 17.9 Å². The first kappa shape index (κ1) is 19.9. The highest BCUT2D eigenvalue weighted by atomic mass is 16.4. The van der Waals surface area contributed by atoms with E-state index in [9.17, 15) is 14.4 Å². The zero-order chi connectivity index (χ0) is 14.3. The maximum atomic E-state index is 9.55. The van der Waals surface area contributed by atoms with Gasteiger partial charge in [-0.1, -0.05) is 12.7 Å². The molecule has 7 nitrogen and oxygen atoms in total. The Bertz CT molecular complexity index is 290. The number of rotatable bonds is 3. The van der Waals surface area contributed by atoms with E-state index in [4.69, 9.17) is 15.3 Å². The SMILES string of the molecule is C/C=C/C(=O)O.C=CN.O=C(O)/C=C\C(=O)O. The van der Waals surface area contributed by atoms with Crippen molar-refractivity contribution in [3.63, 3.8) is 0 Å². The topological polar surface area (TPSA) is 138 Å². The first-order chi connectivity index (χ1) is 7.81. The third-order valence-corrected chi connectivity index (χ3v) is 0.678. The van der Waals surface area contributed by atoms with E-state index in [2.05, 4.69) is 12.3 Å². The van der Waals surface area contributed by atoms with Crippen LogP contribution in [-0.4, -0.2) is 33.2 Å². The molecule has 0 amide bonds. The molecule has 0 saturated heterocycles. The second-order valence-electron chi connectivity index (χ2n) is 2.08. The Morgan fingerprint density at radius 3 is 1.24 bits per heavy atom. The van der Waals surface area contributed by atoms with Crippen LogP contribution in [0.1, 0.15) is 6.92 Å². The third-order valence-electron chi connectivity index (χ3n) is 0.678. The molecule has 0 atom stereocenters. The summed E-state index contributed by atoms with van der Waals surface area (Å²) >= 11 is 0. The van der Waals surface area contributed by atoms with Crippen LogP contribution in [0.5, 0.6) is 0 Å². The van der Waals surface area contributed by atoms with Crippen molar-refractivity contribution in [3.05, 3.63) is 37.1 Å². The molecule has 0 aliphatic rings. The summed E-state index contributed by atoms with van der Waals surface area (Å²) in [4.78, 5) is 28.6. The largest absolute Gasteiger partial charge is 0.478 e. The zero-order valence-electron chi connectivity index (χ0n) is 9.24. The van der Waals surface area contributed by atoms with E-state index >= 15 is 0 Å². The fourth-order valence-electron chi connectivity index (χ4n) is 0.285. The van der Waals surface area contributed by atoms with Crippen LogP contribution >= 0.6 is 0 Å². The molecule has 0 aromatic carbocycles. The summed E-state index contributed by atoms with van der Waals surface area (Å²) in [6, 6.07) is 0. The molecule has 0 aromatic rings. The van der Waals surface area contributed by atoms with E-state index in [0.717, 1.165) is 6.08 Å². The molecule has 5 N–H and O–H groups in total. The molecule has 0 radical (unpaired) electrons. The summed E-state index contributed by atoms with van der Waals surface area (Å²) in [6.45, 7) is 4.80. The van der Waals surface area contributed by atoms with Gasteiger partial charge in [-0.3, -0.25) is 0 Å². The number of aliphatic carboxylic acids is 3. The maximum absolute atomic E-state index is 9.55. The molecule has 0 aromatic heterocycles. The van der Waals surface area contributed by atoms with Crippen LogP contribution in [0, 0.1) is 0 Å². The van der Waals surface area contributed by atoms with Crippen LogP contribution in [0.2, 0.25) is 0 Å². The van der Waals surface area contributed by atoms with Gasteiger partial charge in [0, 0.05) is 18.2 Å². The Hall–Kier alpha value is -2.57. The molecule has 7 heteroatoms. The number of carboxylic acids is 3. The summed E-state index contributed by atoms with van der Waals surface area (Å²) in [5.74, 6) is -3.41. The first-order valence-corrected chi connectivity index (χ1v) is 4.13. The molecule has 0 unspecified atom stereocenters. The average molecular weight is 245 g/mol. The van der Waals surface area contributed by atoms with Gasteiger partial charge in [-0.05, 0) is 13.1 Å². The monoisotopic (exact) mass is 245 g/mol. The lowest BCUT2D eigenvalue weighted by Crippen LogP contribution is -1.91. The molecule has 17 heavy (non-hydrogen) atoms. The van der Waals surface area contributed by atoms with Crippen molar-refractivity contribution >= 4 is 17.9 Å². The quantitative estimate of drug-likeness (QED) is 0.529. The first-order valence-electron chi connectivity index (χ1n) is 4.13. The molecular weight excluding hydrogens is 230 g/mol. The van der Waals surface area contributed by atoms with Crippen molar-refractivity contribution in [1.82, 2.24) is 0 Å². The Morgan fingerprint density at radius 2 is 1.18 bits per heavy atom. The molecule has 0 bridgehead atoms. The summed E-state index contributed by atoms with van der Waals surface area (Å²) in [6.07, 6.45) is 4.92. The van der Waals surface area contributed by atoms with Crippen LogP contribution < -0.4 is 5.73 Å². The number of carboxylic acid groups (broad SMARTS) is 3. The number of nitrogens with two attached hydrogens (primary N) is 1. The van der Waals surface area contributed by atoms with Crippen molar-refractivity contribution in [2.45, 2.75) is 6.92 Å². The lowest BCUT2D eigenvalue weighted by Gasteiger charge is -1.74. The van der Waals surface area contributed by atoms with E-state index in [-0.39, 0.29) is 0 Å². The van der Waals surface area contributed by atoms with E-state index in [1.165, 1.54) is 12.3 Å². The molecule has 96 valence electrons. The standard InChI is InChI=1S/C4H4O4.C4H6O2.C2H5N/c5-3(6)1-2-4(7)8;1-2-3-4(5)6;1-2-3/h1-2H,(H,5,6)(H,7,8);2-3H,1H3,(H,5,6);2H,1,3H2/b2-1-;3-2+;. The fourth-order valence-corrected chi connectivity index (χ4v) is 0.285. The van der Waals surface area contributed by atoms with Crippen LogP contribution in [0.15, 0.2) is 37.1 Å². The minimum Gasteiger partial charge on any atom is -0.478 e. The van der Waals surface area contributed by atoms with Crippen molar-refractivity contribution in [3.8, 4) is 0 Å². The number of allylic oxidation sites excluding steroid dienone is 1. The fraction of sp³-hybridized carbons (Fsp3) is 0.100. The highest BCUT2D eigenvalue weighted by Crippen LogP contribution is 1.70. The smallest absolute Gasteiger partial charge is 0.328 e. The van der Waals surface area contributed by atoms with Gasteiger partial charge < -0.3 is 21.1 Å². The van der Waals surface area contributed by atoms with Crippen LogP contribution in [0.4, 0.5) is 0 Å². The number of hydrogen-bond acceptors (Lipinski definition) is 4. The highest BCUT2D eigenvalue weighted by Gasteiger charge is 1.88. The van der Waals surface area contributed by atoms with Crippen molar-refractivity contribution in [2.24, 2.45) is 5.73 Å². The van der Waals surface area contributed by atoms with Crippen molar-refractivity contribution in [2.75, 3.05) is 0 Å². The third kappa shape index (κ3) is 59.5. The second-order valence-corrected chi connectivity index (χ2v) is 2.08. The van der Waals surface area contributed by atoms with Gasteiger partial charge in [0.1, 0.15) is 0 Å². The zero-order valence-corrected chi connectivity index (χ0v) is 9.24. The predicted molar refractivity (Wildman–Crippen MR) is 61.2 cm³/mol. The van der Waals surface area contributed by atoms with Crippen LogP contribution in [0.25, 0.3) is 0 Å². The summed E-state index contributed by atoms with van der Waals surface area (Å²) < 4.78 is 0. The molecule has 0 heterocycles. The Balaban J connectivity index is -0.000000193. The van der Waals surface area contributed by atoms with Crippen molar-refractivity contribution in [1.29, 1.82) is 0 Å². The lowest BCUT2D eigenvalue weighted by atomic mass is 10.5. The maximum Gasteiger partial charge on any atom is 0.328 e. The van der Waals surface area contributed by atoms with Crippen molar-refractivity contribution < 1.29 is 29.7 Å². The Labute approximate surface area is 98.2 Å². The molecule has 0 aliphatic carbocycles. The Morgan fingerprint density at radius 1 is 0.941 bits per heavy atom. The van der Waals surface area contributed by atoms with Gasteiger partial charge in [-0.2, -0.15) is 0 Å². The lowest BCUT2D eigenvalue weighted by molar-refractivity contribution is -0.134. The minimum atomic E-state index is -1.26. The summed E-state index contributed by atoms with van der Waals surface area (Å²) in [7, 11) is 0. The molecule has 0 saturated carbocycles. The van der Waals surface area contributed by atoms with Gasteiger partial charge in [0.25, 0.3) is 0 Å². The molecule has 0 fully saturated rings. The average Bonchev–Trinajstić information content (AvgIpc) is 2.16. The molecule has 0 aliphatic heterocycles. The van der Waals surface area contributed by atoms with E-state index in [0.29, 0.717) is 12.2 Å². The van der Waals surface area contributed by atoms with E-state index < -0.39 is 17.9 Å². The second kappa shape index (κ2) is 15.9. The molecule has 0 rings (SSSR count). The normalized spacial score (nSPS) is 8.53. The Kier molecular flexibility index (Phi) is 18.6.